The molecule has 0 saturated heterocycles. The van der Waals surface area contributed by atoms with Gasteiger partial charge in [-0.25, -0.2) is 0 Å². The van der Waals surface area contributed by atoms with Crippen molar-refractivity contribution in [1.29, 1.82) is 0 Å². The summed E-state index contributed by atoms with van der Waals surface area (Å²) < 4.78 is 39.0. The SMILES string of the molecule is CC(C)CNCC(C)C(C)c1cnccc1C(F)(F)F. The standard InChI is InChI=1S/C15H23F3N2/c1-10(2)7-20-8-11(3)12(4)13-9-19-6-5-14(13)15(16,17)18/h5-6,9-12,20H,7-8H2,1-4H3. The average Bonchev–Trinajstić information content (AvgIpc) is 2.36. The quantitative estimate of drug-likeness (QED) is 0.853. The van der Waals surface area contributed by atoms with Crippen LogP contribution in [0.5, 0.6) is 0 Å². The zero-order valence-corrected chi connectivity index (χ0v) is 12.5. The Morgan fingerprint density at radius 2 is 1.80 bits per heavy atom. The number of rotatable bonds is 6. The van der Waals surface area contributed by atoms with E-state index in [0.29, 0.717) is 12.5 Å². The van der Waals surface area contributed by atoms with Crippen LogP contribution in [0.15, 0.2) is 18.5 Å². The molecule has 0 bridgehead atoms. The number of halogens is 3. The van der Waals surface area contributed by atoms with Gasteiger partial charge in [-0.1, -0.05) is 27.7 Å². The van der Waals surface area contributed by atoms with Crippen LogP contribution in [-0.2, 0) is 6.18 Å². The summed E-state index contributed by atoms with van der Waals surface area (Å²) in [6.45, 7) is 9.56. The molecule has 0 aliphatic carbocycles. The van der Waals surface area contributed by atoms with Crippen molar-refractivity contribution in [3.8, 4) is 0 Å². The molecule has 2 unspecified atom stereocenters. The van der Waals surface area contributed by atoms with E-state index in [4.69, 9.17) is 0 Å². The van der Waals surface area contributed by atoms with Crippen LogP contribution < -0.4 is 5.32 Å². The van der Waals surface area contributed by atoms with E-state index < -0.39 is 11.7 Å². The third-order valence-corrected chi connectivity index (χ3v) is 3.52. The molecule has 0 amide bonds. The average molecular weight is 288 g/mol. The fourth-order valence-electron chi connectivity index (χ4n) is 2.11. The Morgan fingerprint density at radius 3 is 2.35 bits per heavy atom. The molecule has 1 heterocycles. The summed E-state index contributed by atoms with van der Waals surface area (Å²) >= 11 is 0. The van der Waals surface area contributed by atoms with Gasteiger partial charge in [-0.2, -0.15) is 13.2 Å². The van der Waals surface area contributed by atoms with Gasteiger partial charge in [-0.3, -0.25) is 4.98 Å². The van der Waals surface area contributed by atoms with Crippen molar-refractivity contribution in [3.63, 3.8) is 0 Å². The lowest BCUT2D eigenvalue weighted by Gasteiger charge is -2.24. The van der Waals surface area contributed by atoms with Crippen molar-refractivity contribution >= 4 is 0 Å². The summed E-state index contributed by atoms with van der Waals surface area (Å²) in [6.07, 6.45) is -1.79. The summed E-state index contributed by atoms with van der Waals surface area (Å²) in [5, 5.41) is 3.29. The Kier molecular flexibility index (Phi) is 5.99. The van der Waals surface area contributed by atoms with Crippen LogP contribution in [0.2, 0.25) is 0 Å². The first kappa shape index (κ1) is 17.0. The first-order valence-corrected chi connectivity index (χ1v) is 6.95. The number of pyridine rings is 1. The third kappa shape index (κ3) is 4.78. The molecule has 1 aromatic rings. The van der Waals surface area contributed by atoms with Crippen molar-refractivity contribution in [3.05, 3.63) is 29.6 Å². The number of nitrogens with one attached hydrogen (secondary N) is 1. The molecule has 0 radical (unpaired) electrons. The van der Waals surface area contributed by atoms with Crippen LogP contribution >= 0.6 is 0 Å². The third-order valence-electron chi connectivity index (χ3n) is 3.52. The fourth-order valence-corrected chi connectivity index (χ4v) is 2.11. The highest BCUT2D eigenvalue weighted by molar-refractivity contribution is 5.29. The molecule has 0 aromatic carbocycles. The van der Waals surface area contributed by atoms with Crippen molar-refractivity contribution in [2.75, 3.05) is 13.1 Å². The molecular formula is C15H23F3N2. The Morgan fingerprint density at radius 1 is 1.15 bits per heavy atom. The van der Waals surface area contributed by atoms with E-state index >= 15 is 0 Å². The Hall–Kier alpha value is -1.10. The maximum Gasteiger partial charge on any atom is 0.416 e. The van der Waals surface area contributed by atoms with E-state index in [1.165, 1.54) is 12.4 Å². The summed E-state index contributed by atoms with van der Waals surface area (Å²) in [5.74, 6) is 0.445. The molecule has 1 aromatic heterocycles. The van der Waals surface area contributed by atoms with Crippen molar-refractivity contribution in [2.24, 2.45) is 11.8 Å². The first-order chi connectivity index (χ1) is 9.23. The Labute approximate surface area is 118 Å². The number of alkyl halides is 3. The van der Waals surface area contributed by atoms with E-state index in [2.05, 4.69) is 24.1 Å². The lowest BCUT2D eigenvalue weighted by atomic mass is 9.87. The van der Waals surface area contributed by atoms with Crippen LogP contribution in [0.1, 0.15) is 44.7 Å². The molecule has 2 atom stereocenters. The van der Waals surface area contributed by atoms with Gasteiger partial charge < -0.3 is 5.32 Å². The van der Waals surface area contributed by atoms with Crippen LogP contribution in [-0.4, -0.2) is 18.1 Å². The second-order valence-corrected chi connectivity index (χ2v) is 5.78. The molecule has 0 saturated carbocycles. The highest BCUT2D eigenvalue weighted by Crippen LogP contribution is 2.36. The fraction of sp³-hybridized carbons (Fsp3) is 0.667. The molecule has 1 N–H and O–H groups in total. The van der Waals surface area contributed by atoms with Crippen molar-refractivity contribution in [2.45, 2.75) is 39.8 Å². The predicted molar refractivity (Wildman–Crippen MR) is 74.5 cm³/mol. The second-order valence-electron chi connectivity index (χ2n) is 5.78. The van der Waals surface area contributed by atoms with E-state index in [1.54, 1.807) is 0 Å². The molecule has 114 valence electrons. The minimum atomic E-state index is -4.32. The molecule has 0 aliphatic heterocycles. The van der Waals surface area contributed by atoms with Gasteiger partial charge in [-0.15, -0.1) is 0 Å². The molecule has 5 heteroatoms. The van der Waals surface area contributed by atoms with E-state index in [9.17, 15) is 13.2 Å². The minimum Gasteiger partial charge on any atom is -0.316 e. The lowest BCUT2D eigenvalue weighted by Crippen LogP contribution is -2.28. The van der Waals surface area contributed by atoms with Gasteiger partial charge in [0.05, 0.1) is 5.56 Å². The summed E-state index contributed by atoms with van der Waals surface area (Å²) in [5.41, 5.74) is -0.297. The maximum absolute atomic E-state index is 13.0. The zero-order chi connectivity index (χ0) is 15.3. The smallest absolute Gasteiger partial charge is 0.316 e. The van der Waals surface area contributed by atoms with E-state index in [-0.39, 0.29) is 17.4 Å². The van der Waals surface area contributed by atoms with Gasteiger partial charge in [-0.05, 0) is 42.5 Å². The molecule has 20 heavy (non-hydrogen) atoms. The van der Waals surface area contributed by atoms with Gasteiger partial charge in [0.2, 0.25) is 0 Å². The van der Waals surface area contributed by atoms with Crippen LogP contribution in [0.25, 0.3) is 0 Å². The van der Waals surface area contributed by atoms with Crippen LogP contribution in [0.3, 0.4) is 0 Å². The Bertz CT molecular complexity index is 416. The molecule has 2 nitrogen and oxygen atoms in total. The first-order valence-electron chi connectivity index (χ1n) is 6.95. The minimum absolute atomic E-state index is 0.110. The van der Waals surface area contributed by atoms with Crippen molar-refractivity contribution < 1.29 is 13.2 Å². The van der Waals surface area contributed by atoms with Gasteiger partial charge in [0, 0.05) is 12.4 Å². The largest absolute Gasteiger partial charge is 0.416 e. The zero-order valence-electron chi connectivity index (χ0n) is 12.5. The normalized spacial score (nSPS) is 15.4. The molecule has 0 aliphatic rings. The van der Waals surface area contributed by atoms with Gasteiger partial charge >= 0.3 is 6.18 Å². The van der Waals surface area contributed by atoms with E-state index in [1.807, 2.05) is 13.8 Å². The number of hydrogen-bond donors (Lipinski definition) is 1. The number of aromatic nitrogens is 1. The number of nitrogens with zero attached hydrogens (tertiary/aromatic N) is 1. The molecule has 1 rings (SSSR count). The van der Waals surface area contributed by atoms with Crippen LogP contribution in [0, 0.1) is 11.8 Å². The van der Waals surface area contributed by atoms with E-state index in [0.717, 1.165) is 12.6 Å². The predicted octanol–water partition coefficient (Wildman–Crippen LogP) is 4.09. The topological polar surface area (TPSA) is 24.9 Å². The monoisotopic (exact) mass is 288 g/mol. The summed E-state index contributed by atoms with van der Waals surface area (Å²) in [7, 11) is 0. The lowest BCUT2D eigenvalue weighted by molar-refractivity contribution is -0.138. The summed E-state index contributed by atoms with van der Waals surface area (Å²) in [4.78, 5) is 3.85. The highest BCUT2D eigenvalue weighted by atomic mass is 19.4. The van der Waals surface area contributed by atoms with Crippen LogP contribution in [0.4, 0.5) is 13.2 Å². The van der Waals surface area contributed by atoms with Gasteiger partial charge in [0.15, 0.2) is 0 Å². The second kappa shape index (κ2) is 7.07. The highest BCUT2D eigenvalue weighted by Gasteiger charge is 2.35. The number of hydrogen-bond acceptors (Lipinski definition) is 2. The maximum atomic E-state index is 13.0. The Balaban J connectivity index is 2.79. The van der Waals surface area contributed by atoms with Gasteiger partial charge in [0.25, 0.3) is 0 Å². The van der Waals surface area contributed by atoms with Gasteiger partial charge in [0.1, 0.15) is 0 Å². The van der Waals surface area contributed by atoms with Crippen molar-refractivity contribution in [1.82, 2.24) is 10.3 Å². The molecule has 0 fully saturated rings. The summed E-state index contributed by atoms with van der Waals surface area (Å²) in [6, 6.07) is 1.06. The molecular weight excluding hydrogens is 265 g/mol. The molecule has 0 spiro atoms.